The number of carbonyl (C=O) groups excluding carboxylic acids is 2. The lowest BCUT2D eigenvalue weighted by Crippen LogP contribution is -2.39. The van der Waals surface area contributed by atoms with E-state index in [4.69, 9.17) is 4.74 Å². The summed E-state index contributed by atoms with van der Waals surface area (Å²) in [5.41, 5.74) is 0. The molecule has 0 aromatic heterocycles. The third-order valence-electron chi connectivity index (χ3n) is 2.93. The highest BCUT2D eigenvalue weighted by Crippen LogP contribution is 2.23. The second-order valence-corrected chi connectivity index (χ2v) is 6.46. The van der Waals surface area contributed by atoms with Crippen LogP contribution in [0.15, 0.2) is 5.10 Å². The van der Waals surface area contributed by atoms with Gasteiger partial charge in [0, 0.05) is 6.21 Å². The van der Waals surface area contributed by atoms with Crippen LogP contribution in [0.3, 0.4) is 0 Å². The second kappa shape index (κ2) is 4.68. The molecule has 7 nitrogen and oxygen atoms in total. The van der Waals surface area contributed by atoms with E-state index < -0.39 is 33.7 Å². The first-order valence-electron chi connectivity index (χ1n) is 5.69. The minimum absolute atomic E-state index is 0.0566. The van der Waals surface area contributed by atoms with Crippen molar-refractivity contribution in [2.24, 2.45) is 11.0 Å². The molecule has 0 aliphatic carbocycles. The molecule has 0 aromatic carbocycles. The molecule has 1 saturated heterocycles. The van der Waals surface area contributed by atoms with Crippen molar-refractivity contribution in [3.05, 3.63) is 0 Å². The van der Waals surface area contributed by atoms with Crippen molar-refractivity contribution in [1.29, 1.82) is 0 Å². The monoisotopic (exact) mass is 274 g/mol. The minimum Gasteiger partial charge on any atom is -0.465 e. The molecule has 0 aromatic rings. The van der Waals surface area contributed by atoms with Crippen LogP contribution in [0.1, 0.15) is 13.3 Å². The third kappa shape index (κ3) is 2.38. The average molecular weight is 274 g/mol. The van der Waals surface area contributed by atoms with Gasteiger partial charge in [0.15, 0.2) is 15.8 Å². The van der Waals surface area contributed by atoms with Crippen LogP contribution >= 0.6 is 0 Å². The van der Waals surface area contributed by atoms with E-state index in [2.05, 4.69) is 5.10 Å². The Labute approximate surface area is 105 Å². The van der Waals surface area contributed by atoms with E-state index in [9.17, 15) is 18.0 Å². The highest BCUT2D eigenvalue weighted by molar-refractivity contribution is 7.91. The molecule has 2 heterocycles. The SMILES string of the molecule is CCOC(=O)C1C=NN(C2CCS(=O)(=O)C2)C1=O. The molecule has 0 saturated carbocycles. The molecule has 0 spiro atoms. The van der Waals surface area contributed by atoms with Gasteiger partial charge < -0.3 is 4.74 Å². The first-order valence-corrected chi connectivity index (χ1v) is 7.51. The standard InChI is InChI=1S/C10H14N2O5S/c1-2-17-10(14)8-5-11-12(9(8)13)7-3-4-18(15,16)6-7/h5,7-8H,2-4,6H2,1H3. The van der Waals surface area contributed by atoms with Crippen molar-refractivity contribution in [2.75, 3.05) is 18.1 Å². The number of nitrogens with zero attached hydrogens (tertiary/aromatic N) is 2. The Morgan fingerprint density at radius 1 is 1.61 bits per heavy atom. The highest BCUT2D eigenvalue weighted by Gasteiger charge is 2.42. The first kappa shape index (κ1) is 13.0. The van der Waals surface area contributed by atoms with Gasteiger partial charge in [-0.1, -0.05) is 0 Å². The number of sulfone groups is 1. The maximum atomic E-state index is 11.9. The number of amides is 1. The Kier molecular flexibility index (Phi) is 3.38. The summed E-state index contributed by atoms with van der Waals surface area (Å²) in [5, 5.41) is 4.95. The first-order chi connectivity index (χ1) is 8.44. The van der Waals surface area contributed by atoms with Gasteiger partial charge in [-0.15, -0.1) is 0 Å². The van der Waals surface area contributed by atoms with Crippen LogP contribution in [0.5, 0.6) is 0 Å². The van der Waals surface area contributed by atoms with Crippen LogP contribution in [-0.4, -0.2) is 55.7 Å². The van der Waals surface area contributed by atoms with Gasteiger partial charge in [-0.05, 0) is 13.3 Å². The highest BCUT2D eigenvalue weighted by atomic mass is 32.2. The Morgan fingerprint density at radius 3 is 2.89 bits per heavy atom. The van der Waals surface area contributed by atoms with Crippen molar-refractivity contribution >= 4 is 27.9 Å². The molecule has 8 heteroatoms. The van der Waals surface area contributed by atoms with Gasteiger partial charge in [0.05, 0.1) is 24.2 Å². The average Bonchev–Trinajstić information content (AvgIpc) is 2.82. The molecule has 100 valence electrons. The summed E-state index contributed by atoms with van der Waals surface area (Å²) >= 11 is 0. The second-order valence-electron chi connectivity index (χ2n) is 4.23. The van der Waals surface area contributed by atoms with E-state index in [0.717, 1.165) is 5.01 Å². The zero-order valence-corrected chi connectivity index (χ0v) is 10.7. The molecule has 18 heavy (non-hydrogen) atoms. The molecular formula is C10H14N2O5S. The predicted molar refractivity (Wildman–Crippen MR) is 62.5 cm³/mol. The zero-order valence-electron chi connectivity index (χ0n) is 9.90. The summed E-state index contributed by atoms with van der Waals surface area (Å²) in [5.74, 6) is -2.22. The molecule has 2 unspecified atom stereocenters. The summed E-state index contributed by atoms with van der Waals surface area (Å²) in [6.07, 6.45) is 1.58. The lowest BCUT2D eigenvalue weighted by molar-refractivity contribution is -0.151. The Hall–Kier alpha value is -1.44. The molecule has 2 atom stereocenters. The van der Waals surface area contributed by atoms with Gasteiger partial charge >= 0.3 is 5.97 Å². The molecule has 1 amide bonds. The number of esters is 1. The Balaban J connectivity index is 2.05. The predicted octanol–water partition coefficient (Wildman–Crippen LogP) is -0.819. The number of carbonyl (C=O) groups is 2. The van der Waals surface area contributed by atoms with E-state index in [-0.39, 0.29) is 18.1 Å². The van der Waals surface area contributed by atoms with Crippen LogP contribution in [0.25, 0.3) is 0 Å². The quantitative estimate of drug-likeness (QED) is 0.495. The molecular weight excluding hydrogens is 260 g/mol. The summed E-state index contributed by atoms with van der Waals surface area (Å²) in [6, 6.07) is -0.460. The Bertz CT molecular complexity index is 498. The van der Waals surface area contributed by atoms with Gasteiger partial charge in [-0.3, -0.25) is 9.59 Å². The topological polar surface area (TPSA) is 93.1 Å². The fraction of sp³-hybridized carbons (Fsp3) is 0.700. The van der Waals surface area contributed by atoms with Crippen molar-refractivity contribution in [1.82, 2.24) is 5.01 Å². The van der Waals surface area contributed by atoms with Crippen LogP contribution in [0.2, 0.25) is 0 Å². The van der Waals surface area contributed by atoms with Crippen LogP contribution in [0.4, 0.5) is 0 Å². The number of hydrogen-bond acceptors (Lipinski definition) is 6. The fourth-order valence-corrected chi connectivity index (χ4v) is 3.73. The van der Waals surface area contributed by atoms with Crippen LogP contribution in [-0.2, 0) is 24.2 Å². The van der Waals surface area contributed by atoms with E-state index >= 15 is 0 Å². The fourth-order valence-electron chi connectivity index (χ4n) is 2.04. The molecule has 2 rings (SSSR count). The maximum Gasteiger partial charge on any atom is 0.324 e. The van der Waals surface area contributed by atoms with Crippen molar-refractivity contribution < 1.29 is 22.7 Å². The molecule has 1 fully saturated rings. The third-order valence-corrected chi connectivity index (χ3v) is 4.68. The Morgan fingerprint density at radius 2 is 2.33 bits per heavy atom. The number of hydrazone groups is 1. The molecule has 0 N–H and O–H groups in total. The van der Waals surface area contributed by atoms with Crippen molar-refractivity contribution in [2.45, 2.75) is 19.4 Å². The largest absolute Gasteiger partial charge is 0.465 e. The van der Waals surface area contributed by atoms with Gasteiger partial charge in [-0.25, -0.2) is 13.4 Å². The maximum absolute atomic E-state index is 11.9. The van der Waals surface area contributed by atoms with Crippen molar-refractivity contribution in [3.8, 4) is 0 Å². The van der Waals surface area contributed by atoms with Crippen LogP contribution in [0, 0.1) is 5.92 Å². The lowest BCUT2D eigenvalue weighted by atomic mass is 10.1. The van der Waals surface area contributed by atoms with Crippen LogP contribution < -0.4 is 0 Å². The normalized spacial score (nSPS) is 29.8. The van der Waals surface area contributed by atoms with E-state index in [1.165, 1.54) is 6.21 Å². The van der Waals surface area contributed by atoms with Crippen molar-refractivity contribution in [3.63, 3.8) is 0 Å². The van der Waals surface area contributed by atoms with Gasteiger partial charge in [0.1, 0.15) is 0 Å². The molecule has 2 aliphatic rings. The molecule has 2 aliphatic heterocycles. The minimum atomic E-state index is -3.09. The smallest absolute Gasteiger partial charge is 0.324 e. The zero-order chi connectivity index (χ0) is 13.3. The number of ether oxygens (including phenoxy) is 1. The molecule has 0 radical (unpaired) electrons. The summed E-state index contributed by atoms with van der Waals surface area (Å²) in [7, 11) is -3.09. The van der Waals surface area contributed by atoms with Gasteiger partial charge in [0.25, 0.3) is 5.91 Å². The number of hydrogen-bond donors (Lipinski definition) is 0. The lowest BCUT2D eigenvalue weighted by Gasteiger charge is -2.19. The number of rotatable bonds is 3. The van der Waals surface area contributed by atoms with Gasteiger partial charge in [0.2, 0.25) is 0 Å². The molecule has 0 bridgehead atoms. The summed E-state index contributed by atoms with van der Waals surface area (Å²) in [4.78, 5) is 23.4. The van der Waals surface area contributed by atoms with E-state index in [1.807, 2.05) is 0 Å². The van der Waals surface area contributed by atoms with E-state index in [0.29, 0.717) is 6.42 Å². The summed E-state index contributed by atoms with van der Waals surface area (Å²) < 4.78 is 27.4. The van der Waals surface area contributed by atoms with Gasteiger partial charge in [-0.2, -0.15) is 5.10 Å². The summed E-state index contributed by atoms with van der Waals surface area (Å²) in [6.45, 7) is 1.84. The van der Waals surface area contributed by atoms with E-state index in [1.54, 1.807) is 6.92 Å².